The first-order chi connectivity index (χ1) is 15.5. The number of rotatable bonds is 2. The second-order valence-corrected chi connectivity index (χ2v) is 9.58. The molecule has 1 aliphatic heterocycles. The van der Waals surface area contributed by atoms with Gasteiger partial charge in [-0.05, 0) is 24.6 Å². The Hall–Kier alpha value is -2.98. The van der Waals surface area contributed by atoms with Crippen molar-refractivity contribution >= 4 is 90.2 Å². The van der Waals surface area contributed by atoms with Crippen molar-refractivity contribution in [3.63, 3.8) is 0 Å². The summed E-state index contributed by atoms with van der Waals surface area (Å²) in [5.74, 6) is -0.438. The van der Waals surface area contributed by atoms with Crippen LogP contribution in [-0.2, 0) is 0 Å². The molecule has 0 N–H and O–H groups in total. The van der Waals surface area contributed by atoms with Crippen LogP contribution in [-0.4, -0.2) is 15.6 Å². The maximum Gasteiger partial charge on any atom is 0.289 e. The van der Waals surface area contributed by atoms with E-state index in [1.165, 1.54) is 0 Å². The molecule has 0 spiro atoms. The van der Waals surface area contributed by atoms with E-state index >= 15 is 0 Å². The molecule has 5 rings (SSSR count). The Morgan fingerprint density at radius 3 is 2.00 bits per heavy atom. The predicted octanol–water partition coefficient (Wildman–Crippen LogP) is 5.69. The van der Waals surface area contributed by atoms with Crippen molar-refractivity contribution in [2.24, 2.45) is 0 Å². The van der Waals surface area contributed by atoms with E-state index in [1.807, 2.05) is 0 Å². The van der Waals surface area contributed by atoms with Gasteiger partial charge in [0.2, 0.25) is 5.78 Å². The molecule has 0 unspecified atom stereocenters. The number of aryl methyl sites for hydroxylation is 1. The number of Topliss-reactive ketones (excluding diaryl/α,β-unsaturated/α-hetero) is 1. The monoisotopic (exact) mass is 520 g/mol. The normalized spacial score (nSPS) is 15.0. The van der Waals surface area contributed by atoms with Gasteiger partial charge in [0, 0.05) is 54.4 Å². The lowest BCUT2D eigenvalue weighted by molar-refractivity contribution is -0.384. The van der Waals surface area contributed by atoms with E-state index in [2.05, 4.69) is 0 Å². The van der Waals surface area contributed by atoms with E-state index in [0.717, 1.165) is 23.9 Å². The zero-order valence-corrected chi connectivity index (χ0v) is 19.3. The van der Waals surface area contributed by atoms with Gasteiger partial charge in [0.25, 0.3) is 11.4 Å². The van der Waals surface area contributed by atoms with Gasteiger partial charge in [-0.2, -0.15) is 0 Å². The van der Waals surface area contributed by atoms with Gasteiger partial charge in [-0.1, -0.05) is 46.6 Å². The number of ketones is 1. The van der Waals surface area contributed by atoms with Gasteiger partial charge in [0.1, 0.15) is 10.0 Å². The number of nitro benzene ring substituents is 2. The van der Waals surface area contributed by atoms with Crippen LogP contribution in [0.5, 0.6) is 0 Å². The molecule has 8 nitrogen and oxygen atoms in total. The Kier molecular flexibility index (Phi) is 4.81. The number of fused-ring (bicyclic) bond motifs is 1. The van der Waals surface area contributed by atoms with Crippen LogP contribution >= 0.6 is 46.6 Å². The molecule has 0 atom stereocenters. The molecule has 4 aromatic rings. The Morgan fingerprint density at radius 1 is 0.848 bits per heavy atom. The fraction of sp³-hybridized carbons (Fsp3) is 0.0476. The van der Waals surface area contributed by atoms with Gasteiger partial charge in [-0.3, -0.25) is 29.8 Å². The Bertz CT molecular complexity index is 1730. The molecule has 0 radical (unpaired) electrons. The smallest absolute Gasteiger partial charge is 0.289 e. The molecule has 164 valence electrons. The number of hydrogen-bond acceptors (Lipinski definition) is 7. The predicted molar refractivity (Wildman–Crippen MR) is 127 cm³/mol. The summed E-state index contributed by atoms with van der Waals surface area (Å²) >= 11 is 19.6. The van der Waals surface area contributed by atoms with Gasteiger partial charge >= 0.3 is 0 Å². The van der Waals surface area contributed by atoms with Crippen LogP contribution in [0, 0.1) is 27.2 Å². The molecule has 0 aliphatic carbocycles. The molecule has 0 bridgehead atoms. The van der Waals surface area contributed by atoms with Crippen molar-refractivity contribution in [2.75, 3.05) is 0 Å². The third kappa shape index (κ3) is 2.93. The SMILES string of the molecule is Cc1cc(Cl)cc2c1C(=O)/C(=c1\c(=O)c3cc([N+](=O)[O-])c(Cl)c4c(Cl)c([N+](=O)[O-])cc1c43)S2. The van der Waals surface area contributed by atoms with Gasteiger partial charge in [0.15, 0.2) is 5.43 Å². The molecule has 4 aromatic carbocycles. The van der Waals surface area contributed by atoms with Crippen molar-refractivity contribution in [1.29, 1.82) is 0 Å². The summed E-state index contributed by atoms with van der Waals surface area (Å²) in [4.78, 5) is 49.0. The summed E-state index contributed by atoms with van der Waals surface area (Å²) in [6.45, 7) is 1.70. The molecule has 33 heavy (non-hydrogen) atoms. The van der Waals surface area contributed by atoms with E-state index < -0.39 is 42.5 Å². The second kappa shape index (κ2) is 7.26. The summed E-state index contributed by atoms with van der Waals surface area (Å²) in [6, 6.07) is 5.31. The Balaban J connectivity index is 2.04. The van der Waals surface area contributed by atoms with E-state index in [-0.39, 0.29) is 31.7 Å². The highest BCUT2D eigenvalue weighted by molar-refractivity contribution is 8.10. The summed E-state index contributed by atoms with van der Waals surface area (Å²) in [5, 5.41) is 22.6. The summed E-state index contributed by atoms with van der Waals surface area (Å²) in [5.41, 5.74) is -0.909. The first-order valence-electron chi connectivity index (χ1n) is 9.12. The summed E-state index contributed by atoms with van der Waals surface area (Å²) in [6.07, 6.45) is 0. The highest BCUT2D eigenvalue weighted by atomic mass is 35.5. The molecule has 12 heteroatoms. The van der Waals surface area contributed by atoms with Crippen LogP contribution in [0.4, 0.5) is 11.4 Å². The van der Waals surface area contributed by atoms with Crippen LogP contribution < -0.4 is 10.6 Å². The minimum absolute atomic E-state index is 0.0493. The molecular formula is C21H7Cl3N2O6S. The largest absolute Gasteiger partial charge is 0.289 e. The molecule has 1 heterocycles. The molecule has 0 saturated carbocycles. The van der Waals surface area contributed by atoms with Gasteiger partial charge < -0.3 is 0 Å². The lowest BCUT2D eigenvalue weighted by Gasteiger charge is -2.06. The van der Waals surface area contributed by atoms with Crippen LogP contribution in [0.15, 0.2) is 34.0 Å². The molecule has 0 saturated heterocycles. The first kappa shape index (κ1) is 21.8. The lowest BCUT2D eigenvalue weighted by atomic mass is 10.0. The summed E-state index contributed by atoms with van der Waals surface area (Å²) < 4.78 is 0. The van der Waals surface area contributed by atoms with Crippen LogP contribution in [0.25, 0.3) is 26.5 Å². The van der Waals surface area contributed by atoms with Crippen LogP contribution in [0.2, 0.25) is 15.1 Å². The molecule has 0 amide bonds. The highest BCUT2D eigenvalue weighted by Crippen LogP contribution is 2.47. The van der Waals surface area contributed by atoms with Gasteiger partial charge in [0.05, 0.1) is 14.8 Å². The molecular weight excluding hydrogens is 515 g/mol. The number of halogens is 3. The molecule has 0 fully saturated rings. The third-order valence-electron chi connectivity index (χ3n) is 5.51. The fourth-order valence-electron chi connectivity index (χ4n) is 4.17. The van der Waals surface area contributed by atoms with E-state index in [9.17, 15) is 29.8 Å². The summed E-state index contributed by atoms with van der Waals surface area (Å²) in [7, 11) is 0. The van der Waals surface area contributed by atoms with E-state index in [1.54, 1.807) is 19.1 Å². The number of benzene rings is 3. The minimum atomic E-state index is -0.803. The average molecular weight is 522 g/mol. The zero-order chi connectivity index (χ0) is 23.9. The standard InChI is InChI=1S/C21H7Cl3N2O6S/c1-6-2-7(22)3-12-13(6)20(28)21(33-12)15-8-4-10(25(29)30)17(23)16-14(8)9(19(15)27)5-11(18(16)24)26(31)32/h2-5H,1H3/b21-15+. The highest BCUT2D eigenvalue weighted by Gasteiger charge is 2.34. The quantitative estimate of drug-likeness (QED) is 0.245. The number of nitrogens with zero attached hydrogens (tertiary/aromatic N) is 2. The lowest BCUT2D eigenvalue weighted by Crippen LogP contribution is -2.23. The number of carbonyl (C=O) groups excluding carboxylic acids is 1. The topological polar surface area (TPSA) is 120 Å². The van der Waals surface area contributed by atoms with Gasteiger partial charge in [-0.15, -0.1) is 0 Å². The first-order valence-corrected chi connectivity index (χ1v) is 11.1. The molecule has 0 aromatic heterocycles. The maximum atomic E-state index is 13.5. The van der Waals surface area contributed by atoms with Crippen LogP contribution in [0.3, 0.4) is 0 Å². The number of carbonyl (C=O) groups is 1. The van der Waals surface area contributed by atoms with Crippen LogP contribution in [0.1, 0.15) is 15.9 Å². The Morgan fingerprint density at radius 2 is 1.42 bits per heavy atom. The molecule has 1 aliphatic rings. The second-order valence-electron chi connectivity index (χ2n) is 7.34. The third-order valence-corrected chi connectivity index (χ3v) is 7.63. The fourth-order valence-corrected chi connectivity index (χ4v) is 6.45. The van der Waals surface area contributed by atoms with Gasteiger partial charge in [-0.25, -0.2) is 0 Å². The zero-order valence-electron chi connectivity index (χ0n) is 16.2. The minimum Gasteiger partial charge on any atom is -0.289 e. The Labute approximate surface area is 202 Å². The van der Waals surface area contributed by atoms with Crippen molar-refractivity contribution in [2.45, 2.75) is 11.8 Å². The van der Waals surface area contributed by atoms with E-state index in [4.69, 9.17) is 34.8 Å². The number of thioether (sulfide) groups is 1. The number of hydrogen-bond donors (Lipinski definition) is 0. The average Bonchev–Trinajstić information content (AvgIpc) is 3.18. The van der Waals surface area contributed by atoms with Crippen molar-refractivity contribution in [3.8, 4) is 0 Å². The van der Waals surface area contributed by atoms with E-state index in [0.29, 0.717) is 21.0 Å². The van der Waals surface area contributed by atoms with Crippen molar-refractivity contribution < 1.29 is 14.6 Å². The maximum absolute atomic E-state index is 13.5. The van der Waals surface area contributed by atoms with Crippen molar-refractivity contribution in [3.05, 3.63) is 86.1 Å². The van der Waals surface area contributed by atoms with Crippen molar-refractivity contribution in [1.82, 2.24) is 0 Å². The number of nitro groups is 2.